The summed E-state index contributed by atoms with van der Waals surface area (Å²) in [6.45, 7) is 0. The molecule has 4 rings (SSSR count). The van der Waals surface area contributed by atoms with Crippen molar-refractivity contribution in [2.24, 2.45) is 23.2 Å². The molecule has 0 heterocycles. The number of hydrogen-bond donors (Lipinski definition) is 1. The van der Waals surface area contributed by atoms with Crippen LogP contribution in [0.1, 0.15) is 32.1 Å². The second-order valence-corrected chi connectivity index (χ2v) is 5.71. The van der Waals surface area contributed by atoms with Crippen molar-refractivity contribution in [2.45, 2.75) is 44.4 Å². The van der Waals surface area contributed by atoms with Crippen LogP contribution in [0.3, 0.4) is 0 Å². The molecule has 0 aromatic rings. The van der Waals surface area contributed by atoms with Gasteiger partial charge in [-0.15, -0.1) is 0 Å². The van der Waals surface area contributed by atoms with Gasteiger partial charge in [0.15, 0.2) is 0 Å². The van der Waals surface area contributed by atoms with Crippen LogP contribution < -0.4 is 0 Å². The third kappa shape index (κ3) is 1.14. The molecule has 86 valence electrons. The molecule has 3 atom stereocenters. The number of alkyl halides is 3. The molecular weight excluding hydrogens is 205 g/mol. The molecule has 0 aromatic heterocycles. The van der Waals surface area contributed by atoms with Gasteiger partial charge in [-0.3, -0.25) is 0 Å². The largest absolute Gasteiger partial charge is 0.397 e. The van der Waals surface area contributed by atoms with Crippen LogP contribution >= 0.6 is 0 Å². The molecule has 3 unspecified atom stereocenters. The van der Waals surface area contributed by atoms with Gasteiger partial charge in [0.2, 0.25) is 0 Å². The van der Waals surface area contributed by atoms with Gasteiger partial charge in [0.1, 0.15) is 0 Å². The highest BCUT2D eigenvalue weighted by atomic mass is 19.4. The maximum Gasteiger partial charge on any atom is 0.397 e. The summed E-state index contributed by atoms with van der Waals surface area (Å²) in [7, 11) is 0. The smallest absolute Gasteiger partial charge is 0.392 e. The molecule has 0 amide bonds. The number of hydrogen-bond acceptors (Lipinski definition) is 1. The van der Waals surface area contributed by atoms with Crippen molar-refractivity contribution in [3.8, 4) is 0 Å². The fraction of sp³-hybridized carbons (Fsp3) is 1.00. The second kappa shape index (κ2) is 2.70. The van der Waals surface area contributed by atoms with E-state index >= 15 is 0 Å². The Morgan fingerprint density at radius 1 is 1.00 bits per heavy atom. The molecule has 0 aromatic carbocycles. The molecule has 0 saturated heterocycles. The molecule has 4 aliphatic carbocycles. The Labute approximate surface area is 86.7 Å². The summed E-state index contributed by atoms with van der Waals surface area (Å²) in [5, 5.41) is 9.89. The third-order valence-electron chi connectivity index (χ3n) is 4.82. The molecule has 4 bridgehead atoms. The summed E-state index contributed by atoms with van der Waals surface area (Å²) in [4.78, 5) is 0. The Hall–Kier alpha value is -0.250. The van der Waals surface area contributed by atoms with Gasteiger partial charge in [-0.1, -0.05) is 0 Å². The first-order valence-electron chi connectivity index (χ1n) is 5.67. The minimum absolute atomic E-state index is 0.0853. The van der Waals surface area contributed by atoms with E-state index in [1.54, 1.807) is 0 Å². The van der Waals surface area contributed by atoms with E-state index in [-0.39, 0.29) is 30.6 Å². The molecule has 4 saturated carbocycles. The van der Waals surface area contributed by atoms with Gasteiger partial charge in [-0.2, -0.15) is 13.2 Å². The number of aliphatic hydroxyl groups excluding tert-OH is 1. The van der Waals surface area contributed by atoms with Crippen LogP contribution in [-0.2, 0) is 0 Å². The summed E-state index contributed by atoms with van der Waals surface area (Å²) in [5.74, 6) is 0.345. The Morgan fingerprint density at radius 3 is 2.00 bits per heavy atom. The second-order valence-electron chi connectivity index (χ2n) is 5.71. The standard InChI is InChI=1S/C11H15F3O/c12-11(13,14)10-4-6-1-7(5-10)3-8(2-6)9(10)15/h6-9,15H,1-5H2. The van der Waals surface area contributed by atoms with Gasteiger partial charge < -0.3 is 5.11 Å². The maximum absolute atomic E-state index is 13.1. The summed E-state index contributed by atoms with van der Waals surface area (Å²) in [6.07, 6.45) is -2.42. The molecule has 4 fully saturated rings. The molecule has 1 nitrogen and oxygen atoms in total. The van der Waals surface area contributed by atoms with Crippen LogP contribution in [0.2, 0.25) is 0 Å². The monoisotopic (exact) mass is 220 g/mol. The Kier molecular flexibility index (Phi) is 1.79. The number of halogens is 3. The normalized spacial score (nSPS) is 53.6. The molecule has 0 aliphatic heterocycles. The highest BCUT2D eigenvalue weighted by molar-refractivity contribution is 5.09. The summed E-state index contributed by atoms with van der Waals surface area (Å²) in [6, 6.07) is 0. The molecular formula is C11H15F3O. The van der Waals surface area contributed by atoms with Crippen molar-refractivity contribution in [2.75, 3.05) is 0 Å². The van der Waals surface area contributed by atoms with E-state index in [0.717, 1.165) is 19.3 Å². The number of rotatable bonds is 0. The first kappa shape index (κ1) is 9.94. The van der Waals surface area contributed by atoms with Crippen LogP contribution in [-0.4, -0.2) is 17.4 Å². The van der Waals surface area contributed by atoms with Gasteiger partial charge in [-0.25, -0.2) is 0 Å². The maximum atomic E-state index is 13.1. The number of aliphatic hydroxyl groups is 1. The lowest BCUT2D eigenvalue weighted by Gasteiger charge is -2.59. The third-order valence-corrected chi connectivity index (χ3v) is 4.82. The predicted octanol–water partition coefficient (Wildman–Crippen LogP) is 2.74. The van der Waals surface area contributed by atoms with Crippen LogP contribution in [0.25, 0.3) is 0 Å². The van der Waals surface area contributed by atoms with Crippen LogP contribution in [0.15, 0.2) is 0 Å². The average Bonchev–Trinajstić information content (AvgIpc) is 2.10. The predicted molar refractivity (Wildman–Crippen MR) is 48.0 cm³/mol. The lowest BCUT2D eigenvalue weighted by molar-refractivity contribution is -0.311. The van der Waals surface area contributed by atoms with Gasteiger partial charge in [-0.05, 0) is 49.9 Å². The van der Waals surface area contributed by atoms with Crippen LogP contribution in [0, 0.1) is 23.2 Å². The topological polar surface area (TPSA) is 20.2 Å². The minimum atomic E-state index is -4.22. The van der Waals surface area contributed by atoms with Gasteiger partial charge in [0.05, 0.1) is 11.5 Å². The zero-order chi connectivity index (χ0) is 10.8. The highest BCUT2D eigenvalue weighted by Gasteiger charge is 2.68. The summed E-state index contributed by atoms with van der Waals surface area (Å²) < 4.78 is 39.3. The fourth-order valence-corrected chi connectivity index (χ4v) is 4.41. The average molecular weight is 220 g/mol. The van der Waals surface area contributed by atoms with Crippen molar-refractivity contribution in [1.29, 1.82) is 0 Å². The quantitative estimate of drug-likeness (QED) is 0.665. The molecule has 15 heavy (non-hydrogen) atoms. The highest BCUT2D eigenvalue weighted by Crippen LogP contribution is 2.65. The van der Waals surface area contributed by atoms with Crippen molar-refractivity contribution >= 4 is 0 Å². The molecule has 1 N–H and O–H groups in total. The minimum Gasteiger partial charge on any atom is -0.392 e. The van der Waals surface area contributed by atoms with E-state index in [0.29, 0.717) is 0 Å². The first-order chi connectivity index (χ1) is 6.92. The van der Waals surface area contributed by atoms with Crippen molar-refractivity contribution in [3.63, 3.8) is 0 Å². The molecule has 0 spiro atoms. The van der Waals surface area contributed by atoms with Crippen molar-refractivity contribution in [3.05, 3.63) is 0 Å². The van der Waals surface area contributed by atoms with Crippen molar-refractivity contribution < 1.29 is 18.3 Å². The van der Waals surface area contributed by atoms with Crippen LogP contribution in [0.4, 0.5) is 13.2 Å². The summed E-state index contributed by atoms with van der Waals surface area (Å²) >= 11 is 0. The van der Waals surface area contributed by atoms with Gasteiger partial charge in [0.25, 0.3) is 0 Å². The van der Waals surface area contributed by atoms with E-state index in [1.807, 2.05) is 0 Å². The Balaban J connectivity index is 2.01. The zero-order valence-corrected chi connectivity index (χ0v) is 8.43. The zero-order valence-electron chi connectivity index (χ0n) is 8.43. The van der Waals surface area contributed by atoms with E-state index in [2.05, 4.69) is 0 Å². The molecule has 4 aliphatic rings. The molecule has 4 heteroatoms. The van der Waals surface area contributed by atoms with Crippen molar-refractivity contribution in [1.82, 2.24) is 0 Å². The van der Waals surface area contributed by atoms with Gasteiger partial charge >= 0.3 is 6.18 Å². The van der Waals surface area contributed by atoms with Gasteiger partial charge in [0, 0.05) is 0 Å². The SMILES string of the molecule is OC1C2CC3CC(C2)CC1(C(F)(F)F)C3. The van der Waals surface area contributed by atoms with E-state index < -0.39 is 17.7 Å². The fourth-order valence-electron chi connectivity index (χ4n) is 4.41. The summed E-state index contributed by atoms with van der Waals surface area (Å²) in [5.41, 5.74) is -1.75. The van der Waals surface area contributed by atoms with E-state index in [1.165, 1.54) is 0 Å². The lowest BCUT2D eigenvalue weighted by Crippen LogP contribution is -2.61. The first-order valence-corrected chi connectivity index (χ1v) is 5.67. The molecule has 0 radical (unpaired) electrons. The van der Waals surface area contributed by atoms with Crippen LogP contribution in [0.5, 0.6) is 0 Å². The Bertz CT molecular complexity index is 272. The van der Waals surface area contributed by atoms with E-state index in [9.17, 15) is 18.3 Å². The lowest BCUT2D eigenvalue weighted by atomic mass is 9.48. The van der Waals surface area contributed by atoms with E-state index in [4.69, 9.17) is 0 Å². The Morgan fingerprint density at radius 2 is 1.53 bits per heavy atom.